The molecule has 2 heterocycles. The molecule has 1 saturated heterocycles. The quantitative estimate of drug-likeness (QED) is 0.717. The fourth-order valence-corrected chi connectivity index (χ4v) is 4.60. The lowest BCUT2D eigenvalue weighted by Gasteiger charge is -2.13. The van der Waals surface area contributed by atoms with E-state index in [1.54, 1.807) is 24.3 Å². The molecule has 28 heavy (non-hydrogen) atoms. The van der Waals surface area contributed by atoms with Gasteiger partial charge in [-0.1, -0.05) is 12.1 Å². The van der Waals surface area contributed by atoms with Crippen LogP contribution in [0.4, 0.5) is 8.78 Å². The lowest BCUT2D eigenvalue weighted by Crippen LogP contribution is -2.24. The van der Waals surface area contributed by atoms with Crippen LogP contribution < -0.4 is 9.46 Å². The Hall–Kier alpha value is -2.04. The Balaban J connectivity index is 1.67. The second-order valence-corrected chi connectivity index (χ2v) is 8.34. The molecular formula is C18H23F2N3O4S. The number of hydrogen-bond acceptors (Lipinski definition) is 5. The monoisotopic (exact) mass is 415 g/mol. The standard InChI is InChI=1S/C18H23F2N3O4S/c1-12-17(13(2)23(22-12)18(19)20)28(24,25)21-10-14-5-3-6-15(9-14)27-11-16-7-4-8-26-16/h3,5-6,9,16,18,21H,4,7-8,10-11H2,1-2H3/t16-/m1/s1. The van der Waals surface area contributed by atoms with Crippen LogP contribution in [0.2, 0.25) is 0 Å². The van der Waals surface area contributed by atoms with E-state index in [0.717, 1.165) is 19.4 Å². The maximum Gasteiger partial charge on any atom is 0.333 e. The van der Waals surface area contributed by atoms with Gasteiger partial charge in [0.15, 0.2) is 0 Å². The van der Waals surface area contributed by atoms with Crippen LogP contribution in [0, 0.1) is 13.8 Å². The predicted molar refractivity (Wildman–Crippen MR) is 97.9 cm³/mol. The van der Waals surface area contributed by atoms with E-state index < -0.39 is 16.6 Å². The molecule has 1 aromatic carbocycles. The summed E-state index contributed by atoms with van der Waals surface area (Å²) in [4.78, 5) is -0.224. The topological polar surface area (TPSA) is 82.5 Å². The minimum absolute atomic E-state index is 0.00179. The molecule has 3 rings (SSSR count). The molecule has 0 amide bonds. The number of alkyl halides is 2. The zero-order valence-electron chi connectivity index (χ0n) is 15.7. The molecule has 1 N–H and O–H groups in total. The molecule has 10 heteroatoms. The normalized spacial score (nSPS) is 17.4. The Labute approximate surface area is 162 Å². The third-order valence-corrected chi connectivity index (χ3v) is 6.19. The van der Waals surface area contributed by atoms with Crippen molar-refractivity contribution in [3.63, 3.8) is 0 Å². The average molecular weight is 415 g/mol. The molecular weight excluding hydrogens is 392 g/mol. The van der Waals surface area contributed by atoms with Crippen molar-refractivity contribution in [1.82, 2.24) is 14.5 Å². The van der Waals surface area contributed by atoms with Crippen molar-refractivity contribution in [2.75, 3.05) is 13.2 Å². The van der Waals surface area contributed by atoms with E-state index in [4.69, 9.17) is 9.47 Å². The van der Waals surface area contributed by atoms with Crippen molar-refractivity contribution >= 4 is 10.0 Å². The molecule has 1 fully saturated rings. The van der Waals surface area contributed by atoms with Crippen LogP contribution in [0.15, 0.2) is 29.2 Å². The van der Waals surface area contributed by atoms with E-state index in [9.17, 15) is 17.2 Å². The Morgan fingerprint density at radius 3 is 2.82 bits per heavy atom. The summed E-state index contributed by atoms with van der Waals surface area (Å²) in [6.45, 7) is 0.982. The maximum atomic E-state index is 13.0. The molecule has 7 nitrogen and oxygen atoms in total. The van der Waals surface area contributed by atoms with Gasteiger partial charge in [-0.25, -0.2) is 17.8 Å². The molecule has 1 aliphatic heterocycles. The molecule has 0 bridgehead atoms. The van der Waals surface area contributed by atoms with Crippen LogP contribution >= 0.6 is 0 Å². The van der Waals surface area contributed by atoms with Gasteiger partial charge in [0, 0.05) is 13.2 Å². The largest absolute Gasteiger partial charge is 0.491 e. The van der Waals surface area contributed by atoms with Crippen molar-refractivity contribution in [2.24, 2.45) is 0 Å². The van der Waals surface area contributed by atoms with Gasteiger partial charge in [-0.05, 0) is 44.4 Å². The fourth-order valence-electron chi connectivity index (χ4n) is 3.19. The summed E-state index contributed by atoms with van der Waals surface area (Å²) in [5, 5.41) is 3.62. The van der Waals surface area contributed by atoms with Crippen molar-refractivity contribution < 1.29 is 26.7 Å². The number of aromatic nitrogens is 2. The van der Waals surface area contributed by atoms with E-state index in [1.807, 2.05) is 0 Å². The zero-order valence-corrected chi connectivity index (χ0v) is 16.5. The Morgan fingerprint density at radius 2 is 2.18 bits per heavy atom. The summed E-state index contributed by atoms with van der Waals surface area (Å²) < 4.78 is 65.2. The Morgan fingerprint density at radius 1 is 1.39 bits per heavy atom. The third kappa shape index (κ3) is 4.68. The molecule has 154 valence electrons. The van der Waals surface area contributed by atoms with Crippen molar-refractivity contribution in [1.29, 1.82) is 0 Å². The zero-order chi connectivity index (χ0) is 20.3. The molecule has 0 unspecified atom stereocenters. The number of ether oxygens (including phenoxy) is 2. The van der Waals surface area contributed by atoms with Crippen LogP contribution in [0.3, 0.4) is 0 Å². The first-order chi connectivity index (χ1) is 13.3. The van der Waals surface area contributed by atoms with Gasteiger partial charge in [0.1, 0.15) is 17.3 Å². The minimum atomic E-state index is -4.00. The molecule has 0 radical (unpaired) electrons. The van der Waals surface area contributed by atoms with Gasteiger partial charge in [-0.2, -0.15) is 13.9 Å². The number of benzene rings is 1. The smallest absolute Gasteiger partial charge is 0.333 e. The summed E-state index contributed by atoms with van der Waals surface area (Å²) in [5.41, 5.74) is 0.609. The number of nitrogens with zero attached hydrogens (tertiary/aromatic N) is 2. The van der Waals surface area contributed by atoms with Crippen LogP contribution in [-0.4, -0.2) is 37.5 Å². The summed E-state index contributed by atoms with van der Waals surface area (Å²) in [6, 6.07) is 7.04. The van der Waals surface area contributed by atoms with Crippen LogP contribution in [-0.2, 0) is 21.3 Å². The van der Waals surface area contributed by atoms with Gasteiger partial charge in [0.2, 0.25) is 10.0 Å². The Kier molecular flexibility index (Phi) is 6.31. The van der Waals surface area contributed by atoms with Crippen molar-refractivity contribution in [3.05, 3.63) is 41.2 Å². The second kappa shape index (κ2) is 8.54. The number of sulfonamides is 1. The highest BCUT2D eigenvalue weighted by atomic mass is 32.2. The predicted octanol–water partition coefficient (Wildman–Crippen LogP) is 2.93. The number of nitrogens with one attached hydrogen (secondary N) is 1. The SMILES string of the molecule is Cc1nn(C(F)F)c(C)c1S(=O)(=O)NCc1cccc(OC[C@H]2CCCO2)c1. The Bertz CT molecular complexity index is 925. The highest BCUT2D eigenvalue weighted by Crippen LogP contribution is 2.24. The van der Waals surface area contributed by atoms with Crippen molar-refractivity contribution in [3.8, 4) is 5.75 Å². The minimum Gasteiger partial charge on any atom is -0.491 e. The summed E-state index contributed by atoms with van der Waals surface area (Å²) >= 11 is 0. The number of rotatable bonds is 8. The van der Waals surface area contributed by atoms with Gasteiger partial charge < -0.3 is 9.47 Å². The highest BCUT2D eigenvalue weighted by Gasteiger charge is 2.27. The number of hydrogen-bond donors (Lipinski definition) is 1. The second-order valence-electron chi connectivity index (χ2n) is 6.64. The molecule has 0 aliphatic carbocycles. The van der Waals surface area contributed by atoms with Gasteiger partial charge in [0.25, 0.3) is 0 Å². The molecule has 1 aromatic heterocycles. The number of aryl methyl sites for hydroxylation is 1. The summed E-state index contributed by atoms with van der Waals surface area (Å²) in [6.07, 6.45) is 2.07. The van der Waals surface area contributed by atoms with Gasteiger partial charge >= 0.3 is 6.55 Å². The first kappa shape index (κ1) is 20.7. The van der Waals surface area contributed by atoms with Crippen molar-refractivity contribution in [2.45, 2.75) is 50.8 Å². The summed E-state index contributed by atoms with van der Waals surface area (Å²) in [7, 11) is -4.00. The van der Waals surface area contributed by atoms with E-state index >= 15 is 0 Å². The lowest BCUT2D eigenvalue weighted by atomic mass is 10.2. The first-order valence-electron chi connectivity index (χ1n) is 8.95. The lowest BCUT2D eigenvalue weighted by molar-refractivity contribution is 0.0538. The molecule has 1 atom stereocenters. The fraction of sp³-hybridized carbons (Fsp3) is 0.500. The van der Waals surface area contributed by atoms with Crippen LogP contribution in [0.1, 0.15) is 36.3 Å². The summed E-state index contributed by atoms with van der Waals surface area (Å²) in [5.74, 6) is 0.616. The number of halogens is 2. The average Bonchev–Trinajstić information content (AvgIpc) is 3.26. The molecule has 1 aliphatic rings. The van der Waals surface area contributed by atoms with Gasteiger partial charge in [-0.3, -0.25) is 0 Å². The van der Waals surface area contributed by atoms with E-state index in [-0.39, 0.29) is 28.9 Å². The maximum absolute atomic E-state index is 13.0. The molecule has 2 aromatic rings. The van der Waals surface area contributed by atoms with Gasteiger partial charge in [0.05, 0.1) is 17.5 Å². The van der Waals surface area contributed by atoms with Crippen LogP contribution in [0.5, 0.6) is 5.75 Å². The first-order valence-corrected chi connectivity index (χ1v) is 10.4. The third-order valence-electron chi connectivity index (χ3n) is 4.54. The van der Waals surface area contributed by atoms with E-state index in [1.165, 1.54) is 13.8 Å². The van der Waals surface area contributed by atoms with E-state index in [2.05, 4.69) is 9.82 Å². The van der Waals surface area contributed by atoms with E-state index in [0.29, 0.717) is 22.6 Å². The molecule has 0 saturated carbocycles. The van der Waals surface area contributed by atoms with Crippen LogP contribution in [0.25, 0.3) is 0 Å². The highest BCUT2D eigenvalue weighted by molar-refractivity contribution is 7.89. The van der Waals surface area contributed by atoms with Gasteiger partial charge in [-0.15, -0.1) is 0 Å². The molecule has 0 spiro atoms.